The van der Waals surface area contributed by atoms with Crippen molar-refractivity contribution in [3.05, 3.63) is 182 Å². The Morgan fingerprint density at radius 3 is 1.48 bits per heavy atom. The van der Waals surface area contributed by atoms with Crippen LogP contribution in [0.25, 0.3) is 106 Å². The molecule has 262 valence electrons. The van der Waals surface area contributed by atoms with Gasteiger partial charge in [-0.1, -0.05) is 152 Å². The molecule has 11 aromatic rings. The molecule has 0 bridgehead atoms. The molecule has 4 heterocycles. The van der Waals surface area contributed by atoms with E-state index in [1.54, 1.807) is 0 Å². The molecule has 0 saturated heterocycles. The molecular weight excluding hydrogens is 689 g/mol. The van der Waals surface area contributed by atoms with Crippen molar-refractivity contribution in [3.63, 3.8) is 0 Å². The summed E-state index contributed by atoms with van der Waals surface area (Å²) in [4.78, 5) is 25.2. The number of benzene rings is 7. The van der Waals surface area contributed by atoms with Crippen LogP contribution in [-0.4, -0.2) is 29.5 Å². The molecule has 0 aliphatic heterocycles. The van der Waals surface area contributed by atoms with Crippen molar-refractivity contribution in [2.75, 3.05) is 0 Å². The number of furan rings is 1. The van der Waals surface area contributed by atoms with Gasteiger partial charge in [0.1, 0.15) is 16.8 Å². The van der Waals surface area contributed by atoms with Gasteiger partial charge in [0.05, 0.1) is 11.0 Å². The molecule has 0 atom stereocenters. The minimum Gasteiger partial charge on any atom is -0.452 e. The summed E-state index contributed by atoms with van der Waals surface area (Å²) < 4.78 is 8.68. The van der Waals surface area contributed by atoms with Crippen molar-refractivity contribution >= 4 is 43.9 Å². The molecule has 4 aromatic heterocycles. The number of rotatable bonds is 6. The fourth-order valence-corrected chi connectivity index (χ4v) is 7.60. The summed E-state index contributed by atoms with van der Waals surface area (Å²) in [5.41, 5.74) is 10.9. The fraction of sp³-hybridized carbons (Fsp3) is 0. The maximum absolute atomic E-state index is 6.54. The molecule has 0 aliphatic rings. The second-order valence-corrected chi connectivity index (χ2v) is 13.7. The van der Waals surface area contributed by atoms with Crippen LogP contribution >= 0.6 is 0 Å². The molecule has 0 amide bonds. The zero-order chi connectivity index (χ0) is 37.0. The Balaban J connectivity index is 1.09. The van der Waals surface area contributed by atoms with Crippen LogP contribution in [0.1, 0.15) is 0 Å². The van der Waals surface area contributed by atoms with Gasteiger partial charge in [-0.15, -0.1) is 0 Å². The van der Waals surface area contributed by atoms with Gasteiger partial charge in [-0.05, 0) is 41.5 Å². The Morgan fingerprint density at radius 2 is 0.857 bits per heavy atom. The monoisotopic (exact) mass is 718 g/mol. The number of fused-ring (bicyclic) bond motifs is 6. The standard InChI is InChI=1S/C49H30N6O/c1-5-15-31(16-6-1)43-45-44(51-46(50-43)32-17-7-2-8-18-32)39-30-36(26-28-42(39)56-45)35-25-27-41-38(29-35)37-23-13-14-24-40(37)55(41)49-53-47(33-19-9-3-10-20-33)52-48(54-49)34-21-11-4-12-22-34/h1-30H. The van der Waals surface area contributed by atoms with Crippen molar-refractivity contribution < 1.29 is 4.42 Å². The Labute approximate surface area is 321 Å². The molecular formula is C49H30N6O. The summed E-state index contributed by atoms with van der Waals surface area (Å²) in [5.74, 6) is 2.45. The van der Waals surface area contributed by atoms with E-state index in [1.165, 1.54) is 0 Å². The number of hydrogen-bond acceptors (Lipinski definition) is 6. The van der Waals surface area contributed by atoms with E-state index >= 15 is 0 Å². The van der Waals surface area contributed by atoms with Crippen LogP contribution in [0.4, 0.5) is 0 Å². The largest absolute Gasteiger partial charge is 0.452 e. The number of nitrogens with zero attached hydrogens (tertiary/aromatic N) is 6. The fourth-order valence-electron chi connectivity index (χ4n) is 7.60. The smallest absolute Gasteiger partial charge is 0.238 e. The van der Waals surface area contributed by atoms with E-state index in [0.717, 1.165) is 77.4 Å². The minimum absolute atomic E-state index is 0.561. The van der Waals surface area contributed by atoms with Crippen molar-refractivity contribution in [2.24, 2.45) is 0 Å². The molecule has 0 spiro atoms. The first-order chi connectivity index (χ1) is 27.7. The van der Waals surface area contributed by atoms with Gasteiger partial charge in [0.15, 0.2) is 23.1 Å². The normalized spacial score (nSPS) is 11.6. The third kappa shape index (κ3) is 5.33. The summed E-state index contributed by atoms with van der Waals surface area (Å²) in [6.07, 6.45) is 0. The first kappa shape index (κ1) is 31.7. The molecule has 0 unspecified atom stereocenters. The quantitative estimate of drug-likeness (QED) is 0.170. The number of para-hydroxylation sites is 1. The van der Waals surface area contributed by atoms with Gasteiger partial charge >= 0.3 is 0 Å². The average molecular weight is 719 g/mol. The maximum atomic E-state index is 6.54. The molecule has 0 N–H and O–H groups in total. The molecule has 56 heavy (non-hydrogen) atoms. The SMILES string of the molecule is c1ccc(-c2nc(-c3ccccc3)nc(-n3c4ccccc4c4cc(-c5ccc6oc7c(-c8ccccc8)nc(-c8ccccc8)nc7c6c5)ccc43)n2)cc1. The molecule has 11 rings (SSSR count). The summed E-state index contributed by atoms with van der Waals surface area (Å²) in [6.45, 7) is 0. The van der Waals surface area contributed by atoms with Gasteiger partial charge < -0.3 is 4.42 Å². The summed E-state index contributed by atoms with van der Waals surface area (Å²) in [7, 11) is 0. The minimum atomic E-state index is 0.561. The van der Waals surface area contributed by atoms with E-state index in [1.807, 2.05) is 115 Å². The Bertz CT molecular complexity index is 3170. The summed E-state index contributed by atoms with van der Waals surface area (Å²) in [6, 6.07) is 61.7. The summed E-state index contributed by atoms with van der Waals surface area (Å²) >= 11 is 0. The van der Waals surface area contributed by atoms with E-state index in [9.17, 15) is 0 Å². The maximum Gasteiger partial charge on any atom is 0.238 e. The zero-order valence-electron chi connectivity index (χ0n) is 29.9. The molecule has 0 fully saturated rings. The van der Waals surface area contributed by atoms with Gasteiger partial charge in [0, 0.05) is 38.4 Å². The van der Waals surface area contributed by atoms with Crippen LogP contribution in [0.3, 0.4) is 0 Å². The lowest BCUT2D eigenvalue weighted by molar-refractivity contribution is 0.667. The van der Waals surface area contributed by atoms with Crippen molar-refractivity contribution in [3.8, 4) is 62.5 Å². The van der Waals surface area contributed by atoms with Crippen LogP contribution in [0.5, 0.6) is 0 Å². The average Bonchev–Trinajstić information content (AvgIpc) is 3.82. The molecule has 7 heteroatoms. The van der Waals surface area contributed by atoms with Gasteiger partial charge in [0.2, 0.25) is 5.95 Å². The topological polar surface area (TPSA) is 82.5 Å². The van der Waals surface area contributed by atoms with E-state index in [4.69, 9.17) is 29.3 Å². The molecule has 0 saturated carbocycles. The molecule has 7 nitrogen and oxygen atoms in total. The van der Waals surface area contributed by atoms with Gasteiger partial charge in [0.25, 0.3) is 0 Å². The second-order valence-electron chi connectivity index (χ2n) is 13.7. The van der Waals surface area contributed by atoms with E-state index in [-0.39, 0.29) is 0 Å². The highest BCUT2D eigenvalue weighted by Gasteiger charge is 2.21. The van der Waals surface area contributed by atoms with Crippen LogP contribution in [0.15, 0.2) is 186 Å². The van der Waals surface area contributed by atoms with E-state index in [0.29, 0.717) is 29.0 Å². The van der Waals surface area contributed by atoms with Crippen molar-refractivity contribution in [1.82, 2.24) is 29.5 Å². The third-order valence-corrected chi connectivity index (χ3v) is 10.3. The second kappa shape index (κ2) is 13.0. The van der Waals surface area contributed by atoms with Crippen molar-refractivity contribution in [2.45, 2.75) is 0 Å². The van der Waals surface area contributed by atoms with Crippen LogP contribution in [0, 0.1) is 0 Å². The summed E-state index contributed by atoms with van der Waals surface area (Å²) in [5, 5.41) is 3.14. The zero-order valence-corrected chi connectivity index (χ0v) is 29.9. The van der Waals surface area contributed by atoms with E-state index in [2.05, 4.69) is 71.3 Å². The lowest BCUT2D eigenvalue weighted by Crippen LogP contribution is -2.06. The lowest BCUT2D eigenvalue weighted by Gasteiger charge is -2.11. The van der Waals surface area contributed by atoms with Crippen molar-refractivity contribution in [1.29, 1.82) is 0 Å². The van der Waals surface area contributed by atoms with Gasteiger partial charge in [-0.2, -0.15) is 9.97 Å². The highest BCUT2D eigenvalue weighted by Crippen LogP contribution is 2.39. The van der Waals surface area contributed by atoms with Crippen LogP contribution in [-0.2, 0) is 0 Å². The predicted octanol–water partition coefficient (Wildman–Crippen LogP) is 12.0. The Hall–Kier alpha value is -7.77. The number of hydrogen-bond donors (Lipinski definition) is 0. The highest BCUT2D eigenvalue weighted by atomic mass is 16.3. The predicted molar refractivity (Wildman–Crippen MR) is 224 cm³/mol. The molecule has 7 aromatic carbocycles. The Kier molecular flexibility index (Phi) is 7.35. The highest BCUT2D eigenvalue weighted by molar-refractivity contribution is 6.11. The van der Waals surface area contributed by atoms with Gasteiger partial charge in [-0.3, -0.25) is 4.57 Å². The van der Waals surface area contributed by atoms with E-state index < -0.39 is 0 Å². The lowest BCUT2D eigenvalue weighted by atomic mass is 10.0. The molecule has 0 radical (unpaired) electrons. The third-order valence-electron chi connectivity index (χ3n) is 10.3. The first-order valence-corrected chi connectivity index (χ1v) is 18.5. The van der Waals surface area contributed by atoms with Gasteiger partial charge in [-0.25, -0.2) is 15.0 Å². The Morgan fingerprint density at radius 1 is 0.357 bits per heavy atom. The van der Waals surface area contributed by atoms with Crippen LogP contribution < -0.4 is 0 Å². The number of aromatic nitrogens is 6. The molecule has 0 aliphatic carbocycles. The first-order valence-electron chi connectivity index (χ1n) is 18.5. The van der Waals surface area contributed by atoms with Crippen LogP contribution in [0.2, 0.25) is 0 Å².